The Morgan fingerprint density at radius 1 is 1.77 bits per heavy atom. The van der Waals surface area contributed by atoms with Gasteiger partial charge in [0.15, 0.2) is 11.3 Å². The first-order chi connectivity index (χ1) is 6.15. The van der Waals surface area contributed by atoms with Gasteiger partial charge in [-0.1, -0.05) is 11.8 Å². The van der Waals surface area contributed by atoms with Crippen molar-refractivity contribution in [2.75, 3.05) is 6.61 Å². The highest BCUT2D eigenvalue weighted by Gasteiger charge is 2.27. The highest BCUT2D eigenvalue weighted by atomic mass is 32.2. The van der Waals surface area contributed by atoms with Crippen molar-refractivity contribution in [1.82, 2.24) is 0 Å². The Bertz CT molecular complexity index is 263. The van der Waals surface area contributed by atoms with Crippen LogP contribution in [0.2, 0.25) is 0 Å². The lowest BCUT2D eigenvalue weighted by molar-refractivity contribution is -0.153. The second-order valence-electron chi connectivity index (χ2n) is 2.15. The molecule has 1 unspecified atom stereocenters. The van der Waals surface area contributed by atoms with E-state index in [-0.39, 0.29) is 12.4 Å². The lowest BCUT2D eigenvalue weighted by atomic mass is 10.3. The van der Waals surface area contributed by atoms with E-state index in [0.29, 0.717) is 0 Å². The van der Waals surface area contributed by atoms with Gasteiger partial charge in [0.25, 0.3) is 0 Å². The van der Waals surface area contributed by atoms with E-state index in [1.54, 1.807) is 6.92 Å². The molecule has 0 aromatic heterocycles. The smallest absolute Gasteiger partial charge is 0.383 e. The van der Waals surface area contributed by atoms with Gasteiger partial charge in [0.05, 0.1) is 6.61 Å². The lowest BCUT2D eigenvalue weighted by Gasteiger charge is -2.04. The summed E-state index contributed by atoms with van der Waals surface area (Å²) in [5, 5.41) is 1.41. The number of hydrogen-bond donors (Lipinski definition) is 1. The minimum Gasteiger partial charge on any atom is -0.461 e. The molecule has 2 N–H and O–H groups in total. The monoisotopic (exact) mass is 203 g/mol. The fraction of sp³-hybridized carbons (Fsp3) is 0.429. The molecule has 1 aliphatic heterocycles. The zero-order valence-electron chi connectivity index (χ0n) is 6.98. The van der Waals surface area contributed by atoms with Crippen LogP contribution < -0.4 is 5.73 Å². The summed E-state index contributed by atoms with van der Waals surface area (Å²) in [6.07, 6.45) is 0. The topological polar surface area (TPSA) is 78.6 Å². The van der Waals surface area contributed by atoms with Gasteiger partial charge in [-0.3, -0.25) is 10.5 Å². The van der Waals surface area contributed by atoms with E-state index in [0.717, 1.165) is 11.8 Å². The SMILES string of the molecule is CCOC(=O)C(=O)C1=CSC(N)O1. The maximum Gasteiger partial charge on any atom is 0.383 e. The fourth-order valence-corrected chi connectivity index (χ4v) is 1.29. The summed E-state index contributed by atoms with van der Waals surface area (Å²) in [6, 6.07) is 0. The normalized spacial score (nSPS) is 20.5. The van der Waals surface area contributed by atoms with Crippen molar-refractivity contribution in [3.05, 3.63) is 11.2 Å². The Morgan fingerprint density at radius 3 is 2.92 bits per heavy atom. The van der Waals surface area contributed by atoms with Crippen molar-refractivity contribution in [1.29, 1.82) is 0 Å². The Labute approximate surface area is 79.2 Å². The molecule has 0 fully saturated rings. The molecular weight excluding hydrogens is 194 g/mol. The molecule has 72 valence electrons. The number of thioether (sulfide) groups is 1. The van der Waals surface area contributed by atoms with Gasteiger partial charge in [0.1, 0.15) is 0 Å². The third-order valence-corrected chi connectivity index (χ3v) is 1.95. The van der Waals surface area contributed by atoms with Gasteiger partial charge < -0.3 is 9.47 Å². The van der Waals surface area contributed by atoms with Gasteiger partial charge in [-0.2, -0.15) is 0 Å². The van der Waals surface area contributed by atoms with Crippen molar-refractivity contribution < 1.29 is 19.1 Å². The first-order valence-electron chi connectivity index (χ1n) is 3.64. The van der Waals surface area contributed by atoms with Gasteiger partial charge in [0, 0.05) is 5.41 Å². The molecule has 0 bridgehead atoms. The van der Waals surface area contributed by atoms with Crippen LogP contribution in [0.25, 0.3) is 0 Å². The lowest BCUT2D eigenvalue weighted by Crippen LogP contribution is -2.23. The molecule has 0 spiro atoms. The number of esters is 1. The van der Waals surface area contributed by atoms with Crippen LogP contribution in [0.15, 0.2) is 11.2 Å². The quantitative estimate of drug-likeness (QED) is 0.512. The van der Waals surface area contributed by atoms with E-state index in [4.69, 9.17) is 10.5 Å². The summed E-state index contributed by atoms with van der Waals surface area (Å²) in [6.45, 7) is 1.78. The third-order valence-electron chi connectivity index (χ3n) is 1.24. The molecule has 1 atom stereocenters. The van der Waals surface area contributed by atoms with Crippen molar-refractivity contribution in [2.24, 2.45) is 5.73 Å². The van der Waals surface area contributed by atoms with E-state index >= 15 is 0 Å². The molecule has 0 aromatic rings. The van der Waals surface area contributed by atoms with Crippen LogP contribution >= 0.6 is 11.8 Å². The highest BCUT2D eigenvalue weighted by molar-refractivity contribution is 8.02. The molecule has 0 aliphatic carbocycles. The molecule has 5 nitrogen and oxygen atoms in total. The molecule has 0 amide bonds. The summed E-state index contributed by atoms with van der Waals surface area (Å²) in [7, 11) is 0. The number of rotatable bonds is 3. The first kappa shape index (κ1) is 10.1. The molecule has 1 heterocycles. The second-order valence-corrected chi connectivity index (χ2v) is 3.13. The van der Waals surface area contributed by atoms with E-state index < -0.39 is 17.3 Å². The van der Waals surface area contributed by atoms with Gasteiger partial charge in [-0.05, 0) is 6.92 Å². The molecule has 0 radical (unpaired) electrons. The number of carbonyl (C=O) groups excluding carboxylic acids is 2. The first-order valence-corrected chi connectivity index (χ1v) is 4.58. The van der Waals surface area contributed by atoms with Crippen LogP contribution in [0.5, 0.6) is 0 Å². The average molecular weight is 203 g/mol. The predicted molar refractivity (Wildman–Crippen MR) is 46.4 cm³/mol. The summed E-state index contributed by atoms with van der Waals surface area (Å²) in [5.74, 6) is -1.75. The summed E-state index contributed by atoms with van der Waals surface area (Å²) >= 11 is 1.13. The van der Waals surface area contributed by atoms with Crippen molar-refractivity contribution in [3.63, 3.8) is 0 Å². The summed E-state index contributed by atoms with van der Waals surface area (Å²) < 4.78 is 9.33. The number of hydrogen-bond acceptors (Lipinski definition) is 6. The number of ketones is 1. The van der Waals surface area contributed by atoms with E-state index in [9.17, 15) is 9.59 Å². The van der Waals surface area contributed by atoms with E-state index in [1.807, 2.05) is 0 Å². The summed E-state index contributed by atoms with van der Waals surface area (Å²) in [4.78, 5) is 22.0. The van der Waals surface area contributed by atoms with Gasteiger partial charge in [0.2, 0.25) is 0 Å². The zero-order valence-corrected chi connectivity index (χ0v) is 7.80. The Hall–Kier alpha value is -1.01. The Kier molecular flexibility index (Phi) is 3.32. The minimum atomic E-state index is -0.913. The van der Waals surface area contributed by atoms with E-state index in [2.05, 4.69) is 4.74 Å². The molecule has 13 heavy (non-hydrogen) atoms. The van der Waals surface area contributed by atoms with Crippen LogP contribution in [0.3, 0.4) is 0 Å². The van der Waals surface area contributed by atoms with Crippen LogP contribution in [0.1, 0.15) is 6.92 Å². The van der Waals surface area contributed by atoms with Gasteiger partial charge >= 0.3 is 11.8 Å². The largest absolute Gasteiger partial charge is 0.461 e. The number of nitrogens with two attached hydrogens (primary N) is 1. The molecule has 6 heteroatoms. The van der Waals surface area contributed by atoms with Gasteiger partial charge in [-0.15, -0.1) is 0 Å². The van der Waals surface area contributed by atoms with Crippen molar-refractivity contribution in [2.45, 2.75) is 12.5 Å². The Morgan fingerprint density at radius 2 is 2.46 bits per heavy atom. The van der Waals surface area contributed by atoms with Crippen LogP contribution in [0, 0.1) is 0 Å². The molecule has 1 rings (SSSR count). The predicted octanol–water partition coefficient (Wildman–Crippen LogP) is -0.0343. The number of carbonyl (C=O) groups is 2. The molecular formula is C7H9NO4S. The van der Waals surface area contributed by atoms with Crippen LogP contribution in [-0.4, -0.2) is 23.9 Å². The standard InChI is InChI=1S/C7H9NO4S/c1-2-11-6(10)5(9)4-3-13-7(8)12-4/h3,7H,2,8H2,1H3. The zero-order chi connectivity index (χ0) is 9.84. The minimum absolute atomic E-state index is 0.0454. The average Bonchev–Trinajstić information content (AvgIpc) is 2.51. The molecule has 0 saturated carbocycles. The fourth-order valence-electron chi connectivity index (χ4n) is 0.714. The molecule has 0 aromatic carbocycles. The van der Waals surface area contributed by atoms with Gasteiger partial charge in [-0.25, -0.2) is 4.79 Å². The highest BCUT2D eigenvalue weighted by Crippen LogP contribution is 2.23. The molecule has 0 saturated heterocycles. The molecule has 1 aliphatic rings. The summed E-state index contributed by atoms with van der Waals surface area (Å²) in [5.41, 5.74) is 4.72. The second kappa shape index (κ2) is 4.29. The number of Topliss-reactive ketones (excluding diaryl/α,β-unsaturated/α-hetero) is 1. The van der Waals surface area contributed by atoms with E-state index in [1.165, 1.54) is 5.41 Å². The van der Waals surface area contributed by atoms with Crippen LogP contribution in [0.4, 0.5) is 0 Å². The Balaban J connectivity index is 2.53. The number of ether oxygens (including phenoxy) is 2. The van der Waals surface area contributed by atoms with Crippen LogP contribution in [-0.2, 0) is 19.1 Å². The maximum atomic E-state index is 11.1. The maximum absolute atomic E-state index is 11.1. The van der Waals surface area contributed by atoms with Crippen molar-refractivity contribution in [3.8, 4) is 0 Å². The van der Waals surface area contributed by atoms with Crippen molar-refractivity contribution >= 4 is 23.5 Å². The third kappa shape index (κ3) is 2.46.